The summed E-state index contributed by atoms with van der Waals surface area (Å²) in [5.41, 5.74) is 3.46. The third-order valence-electron chi connectivity index (χ3n) is 6.16. The number of benzene rings is 1. The van der Waals surface area contributed by atoms with Crippen LogP contribution in [-0.2, 0) is 6.54 Å². The minimum absolute atomic E-state index is 0.255. The monoisotopic (exact) mass is 327 g/mol. The molecule has 1 N–H and O–H groups in total. The lowest BCUT2D eigenvalue weighted by Crippen LogP contribution is -2.43. The van der Waals surface area contributed by atoms with Gasteiger partial charge in [0, 0.05) is 24.2 Å². The molecule has 3 aliphatic rings. The van der Waals surface area contributed by atoms with Crippen LogP contribution < -0.4 is 5.32 Å². The molecule has 0 saturated carbocycles. The van der Waals surface area contributed by atoms with Crippen molar-refractivity contribution in [3.8, 4) is 0 Å². The predicted octanol–water partition coefficient (Wildman–Crippen LogP) is 2.80. The number of hydrogen-bond acceptors (Lipinski definition) is 3. The Hall–Kier alpha value is -1.39. The zero-order chi connectivity index (χ0) is 16.7. The number of carbonyl (C=O) groups excluding carboxylic acids is 1. The van der Waals surface area contributed by atoms with Crippen LogP contribution in [0.3, 0.4) is 0 Å². The molecular weight excluding hydrogens is 298 g/mol. The van der Waals surface area contributed by atoms with Gasteiger partial charge in [0.25, 0.3) is 5.91 Å². The molecule has 0 bridgehead atoms. The molecule has 0 aliphatic carbocycles. The van der Waals surface area contributed by atoms with Crippen LogP contribution in [0.1, 0.15) is 60.1 Å². The normalized spacial score (nSPS) is 29.1. The molecule has 2 atom stereocenters. The summed E-state index contributed by atoms with van der Waals surface area (Å²) in [6, 6.07) is 7.42. The Balaban J connectivity index is 1.50. The highest BCUT2D eigenvalue weighted by molar-refractivity contribution is 5.98. The first-order valence-corrected chi connectivity index (χ1v) is 9.47. The van der Waals surface area contributed by atoms with Gasteiger partial charge in [0.15, 0.2) is 0 Å². The second-order valence-electron chi connectivity index (χ2n) is 8.03. The quantitative estimate of drug-likeness (QED) is 0.907. The van der Waals surface area contributed by atoms with E-state index in [-0.39, 0.29) is 5.91 Å². The minimum Gasteiger partial charge on any atom is -0.331 e. The zero-order valence-corrected chi connectivity index (χ0v) is 14.9. The number of rotatable bonds is 2. The smallest absolute Gasteiger partial charge is 0.254 e. The molecule has 4 rings (SSSR count). The van der Waals surface area contributed by atoms with Gasteiger partial charge in [-0.2, -0.15) is 0 Å². The summed E-state index contributed by atoms with van der Waals surface area (Å²) >= 11 is 0. The SMILES string of the molecule is C[C@H]1CCC(c2ccc3c(c2)C(=O)N(C2CCN(C)CC2)C3)NC1. The van der Waals surface area contributed by atoms with Gasteiger partial charge in [0.1, 0.15) is 0 Å². The molecule has 2 fully saturated rings. The first-order valence-electron chi connectivity index (χ1n) is 9.47. The van der Waals surface area contributed by atoms with Crippen LogP contribution in [0.25, 0.3) is 0 Å². The van der Waals surface area contributed by atoms with E-state index < -0.39 is 0 Å². The van der Waals surface area contributed by atoms with Gasteiger partial charge in [-0.25, -0.2) is 0 Å². The number of likely N-dealkylation sites (tertiary alicyclic amines) is 1. The van der Waals surface area contributed by atoms with Crippen molar-refractivity contribution in [2.24, 2.45) is 5.92 Å². The van der Waals surface area contributed by atoms with Crippen LogP contribution >= 0.6 is 0 Å². The van der Waals surface area contributed by atoms with Gasteiger partial charge in [-0.15, -0.1) is 0 Å². The van der Waals surface area contributed by atoms with Crippen molar-refractivity contribution in [2.45, 2.75) is 51.2 Å². The Bertz CT molecular complexity index is 613. The molecule has 1 amide bonds. The fourth-order valence-electron chi connectivity index (χ4n) is 4.44. The Morgan fingerprint density at radius 2 is 1.92 bits per heavy atom. The van der Waals surface area contributed by atoms with Crippen molar-refractivity contribution in [1.29, 1.82) is 0 Å². The Morgan fingerprint density at radius 3 is 2.62 bits per heavy atom. The van der Waals surface area contributed by atoms with Crippen LogP contribution in [0.4, 0.5) is 0 Å². The van der Waals surface area contributed by atoms with Gasteiger partial charge in [-0.3, -0.25) is 4.79 Å². The summed E-state index contributed by atoms with van der Waals surface area (Å²) in [5, 5.41) is 3.64. The van der Waals surface area contributed by atoms with E-state index in [9.17, 15) is 4.79 Å². The molecule has 0 spiro atoms. The van der Waals surface area contributed by atoms with Crippen LogP contribution in [0.2, 0.25) is 0 Å². The maximum Gasteiger partial charge on any atom is 0.254 e. The van der Waals surface area contributed by atoms with E-state index in [1.165, 1.54) is 24.0 Å². The second kappa shape index (κ2) is 6.49. The van der Waals surface area contributed by atoms with Crippen LogP contribution in [0.15, 0.2) is 18.2 Å². The predicted molar refractivity (Wildman–Crippen MR) is 96.0 cm³/mol. The first kappa shape index (κ1) is 16.1. The summed E-state index contributed by atoms with van der Waals surface area (Å²) in [5.74, 6) is 1.02. The van der Waals surface area contributed by atoms with Crippen molar-refractivity contribution < 1.29 is 4.79 Å². The molecule has 0 radical (unpaired) electrons. The average molecular weight is 327 g/mol. The van der Waals surface area contributed by atoms with E-state index in [1.54, 1.807) is 0 Å². The number of hydrogen-bond donors (Lipinski definition) is 1. The number of nitrogens with one attached hydrogen (secondary N) is 1. The standard InChI is InChI=1S/C20H29N3O/c1-14-3-6-19(21-12-14)15-4-5-16-13-23(20(24)18(16)11-15)17-7-9-22(2)10-8-17/h4-5,11,14,17,19,21H,3,6-10,12-13H2,1-2H3/t14-,19?/m0/s1. The van der Waals surface area contributed by atoms with Crippen LogP contribution in [0, 0.1) is 5.92 Å². The highest BCUT2D eigenvalue weighted by Gasteiger charge is 2.34. The molecule has 4 heteroatoms. The van der Waals surface area contributed by atoms with Gasteiger partial charge in [-0.05, 0) is 75.5 Å². The third-order valence-corrected chi connectivity index (χ3v) is 6.16. The first-order chi connectivity index (χ1) is 11.6. The van der Waals surface area contributed by atoms with E-state index in [2.05, 4.69) is 47.3 Å². The number of amides is 1. The van der Waals surface area contributed by atoms with Crippen molar-refractivity contribution in [3.05, 3.63) is 34.9 Å². The molecule has 1 unspecified atom stereocenters. The summed E-state index contributed by atoms with van der Waals surface area (Å²) in [7, 11) is 2.17. The van der Waals surface area contributed by atoms with Gasteiger partial charge >= 0.3 is 0 Å². The topological polar surface area (TPSA) is 35.6 Å². The van der Waals surface area contributed by atoms with E-state index in [4.69, 9.17) is 0 Å². The molecule has 1 aromatic rings. The van der Waals surface area contributed by atoms with Gasteiger partial charge in [0.2, 0.25) is 0 Å². The Morgan fingerprint density at radius 1 is 1.12 bits per heavy atom. The highest BCUT2D eigenvalue weighted by atomic mass is 16.2. The Kier molecular flexibility index (Phi) is 4.35. The third kappa shape index (κ3) is 2.98. The molecule has 3 aliphatic heterocycles. The number of carbonyl (C=O) groups is 1. The maximum atomic E-state index is 13.0. The molecule has 0 aromatic heterocycles. The largest absolute Gasteiger partial charge is 0.331 e. The maximum absolute atomic E-state index is 13.0. The zero-order valence-electron chi connectivity index (χ0n) is 14.9. The van der Waals surface area contributed by atoms with E-state index in [1.807, 2.05) is 0 Å². The van der Waals surface area contributed by atoms with Crippen molar-refractivity contribution in [1.82, 2.24) is 15.1 Å². The number of fused-ring (bicyclic) bond motifs is 1. The molecule has 4 nitrogen and oxygen atoms in total. The second-order valence-corrected chi connectivity index (χ2v) is 8.03. The summed E-state index contributed by atoms with van der Waals surface area (Å²) in [6.07, 6.45) is 4.65. The van der Waals surface area contributed by atoms with Gasteiger partial charge in [0.05, 0.1) is 0 Å². The average Bonchev–Trinajstić information content (AvgIpc) is 2.93. The van der Waals surface area contributed by atoms with Gasteiger partial charge < -0.3 is 15.1 Å². The Labute approximate surface area is 145 Å². The molecule has 24 heavy (non-hydrogen) atoms. The molecule has 130 valence electrons. The highest BCUT2D eigenvalue weighted by Crippen LogP contribution is 2.32. The minimum atomic E-state index is 0.255. The number of nitrogens with zero attached hydrogens (tertiary/aromatic N) is 2. The fraction of sp³-hybridized carbons (Fsp3) is 0.650. The van der Waals surface area contributed by atoms with E-state index >= 15 is 0 Å². The molecular formula is C20H29N3O. The van der Waals surface area contributed by atoms with Crippen molar-refractivity contribution in [3.63, 3.8) is 0 Å². The summed E-state index contributed by atoms with van der Waals surface area (Å²) < 4.78 is 0. The van der Waals surface area contributed by atoms with E-state index in [0.29, 0.717) is 12.1 Å². The summed E-state index contributed by atoms with van der Waals surface area (Å²) in [6.45, 7) is 6.38. The van der Waals surface area contributed by atoms with Crippen molar-refractivity contribution >= 4 is 5.91 Å². The van der Waals surface area contributed by atoms with Crippen molar-refractivity contribution in [2.75, 3.05) is 26.7 Å². The lowest BCUT2D eigenvalue weighted by atomic mass is 9.91. The lowest BCUT2D eigenvalue weighted by Gasteiger charge is -2.34. The fourth-order valence-corrected chi connectivity index (χ4v) is 4.44. The van der Waals surface area contributed by atoms with Crippen LogP contribution in [-0.4, -0.2) is 48.4 Å². The number of piperidine rings is 2. The molecule has 2 saturated heterocycles. The lowest BCUT2D eigenvalue weighted by molar-refractivity contribution is 0.0617. The molecule has 3 heterocycles. The van der Waals surface area contributed by atoms with Gasteiger partial charge in [-0.1, -0.05) is 19.1 Å². The summed E-state index contributed by atoms with van der Waals surface area (Å²) in [4.78, 5) is 17.4. The molecule has 1 aromatic carbocycles. The van der Waals surface area contributed by atoms with Crippen LogP contribution in [0.5, 0.6) is 0 Å². The van der Waals surface area contributed by atoms with E-state index in [0.717, 1.165) is 50.5 Å².